The summed E-state index contributed by atoms with van der Waals surface area (Å²) in [4.78, 5) is 18.5. The minimum Gasteiger partial charge on any atom is -0.333 e. The highest BCUT2D eigenvalue weighted by molar-refractivity contribution is 14.2. The molecular formula is C14H9BrIN3O2S. The number of nitrogens with zero attached hydrogens (tertiary/aromatic N) is 2. The van der Waals surface area contributed by atoms with Gasteiger partial charge in [0.25, 0.3) is 5.69 Å². The Morgan fingerprint density at radius 1 is 1.41 bits per heavy atom. The smallest absolute Gasteiger partial charge is 0.272 e. The van der Waals surface area contributed by atoms with Crippen molar-refractivity contribution in [2.45, 2.75) is 11.9 Å². The molecule has 0 saturated carbocycles. The largest absolute Gasteiger partial charge is 0.333 e. The third kappa shape index (κ3) is 2.74. The molecule has 22 heavy (non-hydrogen) atoms. The summed E-state index contributed by atoms with van der Waals surface area (Å²) < 4.78 is 0.867. The molecule has 0 aliphatic rings. The van der Waals surface area contributed by atoms with E-state index in [0.717, 1.165) is 31.7 Å². The van der Waals surface area contributed by atoms with Crippen molar-refractivity contribution in [3.05, 3.63) is 50.6 Å². The molecule has 0 spiro atoms. The van der Waals surface area contributed by atoms with Crippen LogP contribution in [0.5, 0.6) is 0 Å². The number of hydrogen-bond acceptors (Lipinski definition) is 4. The predicted octanol–water partition coefficient (Wildman–Crippen LogP) is 5.65. The maximum absolute atomic E-state index is 11.2. The minimum absolute atomic E-state index is 0.124. The summed E-state index contributed by atoms with van der Waals surface area (Å²) in [5, 5.41) is 13.1. The van der Waals surface area contributed by atoms with Crippen molar-refractivity contribution in [2.75, 3.05) is 0 Å². The van der Waals surface area contributed by atoms with Gasteiger partial charge in [-0.2, -0.15) is 0 Å². The van der Waals surface area contributed by atoms with Crippen LogP contribution in [0.15, 0.2) is 40.0 Å². The molecule has 0 aliphatic carbocycles. The molecule has 112 valence electrons. The van der Waals surface area contributed by atoms with Crippen LogP contribution in [0.4, 0.5) is 5.69 Å². The number of aryl methyl sites for hydroxylation is 1. The molecule has 0 unspecified atom stereocenters. The van der Waals surface area contributed by atoms with E-state index in [0.29, 0.717) is 5.56 Å². The molecule has 2 aromatic heterocycles. The van der Waals surface area contributed by atoms with E-state index in [4.69, 9.17) is 0 Å². The monoisotopic (exact) mass is 489 g/mol. The lowest BCUT2D eigenvalue weighted by atomic mass is 10.0. The van der Waals surface area contributed by atoms with Gasteiger partial charge in [-0.1, -0.05) is 12.1 Å². The van der Waals surface area contributed by atoms with E-state index in [-0.39, 0.29) is 10.6 Å². The molecule has 0 fully saturated rings. The number of aromatic amines is 1. The molecule has 3 rings (SSSR count). The van der Waals surface area contributed by atoms with Crippen LogP contribution >= 0.6 is 46.1 Å². The van der Waals surface area contributed by atoms with Gasteiger partial charge in [0.15, 0.2) is 0 Å². The zero-order chi connectivity index (χ0) is 15.9. The van der Waals surface area contributed by atoms with Gasteiger partial charge >= 0.3 is 0 Å². The maximum Gasteiger partial charge on any atom is 0.272 e. The Bertz CT molecular complexity index is 897. The Labute approximate surface area is 150 Å². The van der Waals surface area contributed by atoms with Crippen molar-refractivity contribution in [3.8, 4) is 11.1 Å². The number of nitro groups is 1. The Morgan fingerprint density at radius 3 is 2.86 bits per heavy atom. The SMILES string of the molecule is Cc1ccc(-c2c(SI)[nH]c3ncc(Br)cc23)cc1[N+](=O)[O-]. The highest BCUT2D eigenvalue weighted by Gasteiger charge is 2.18. The van der Waals surface area contributed by atoms with E-state index < -0.39 is 0 Å². The lowest BCUT2D eigenvalue weighted by molar-refractivity contribution is -0.385. The average Bonchev–Trinajstić information content (AvgIpc) is 2.85. The Morgan fingerprint density at radius 2 is 2.18 bits per heavy atom. The average molecular weight is 490 g/mol. The number of halogens is 2. The first-order chi connectivity index (χ1) is 10.5. The molecule has 0 radical (unpaired) electrons. The van der Waals surface area contributed by atoms with Gasteiger partial charge < -0.3 is 4.98 Å². The van der Waals surface area contributed by atoms with Gasteiger partial charge in [0.2, 0.25) is 0 Å². The summed E-state index contributed by atoms with van der Waals surface area (Å²) in [6, 6.07) is 7.27. The van der Waals surface area contributed by atoms with Gasteiger partial charge in [-0.3, -0.25) is 10.1 Å². The first kappa shape index (κ1) is 15.8. The molecule has 0 aliphatic heterocycles. The summed E-state index contributed by atoms with van der Waals surface area (Å²) in [6.45, 7) is 1.74. The van der Waals surface area contributed by atoms with Crippen molar-refractivity contribution in [1.29, 1.82) is 0 Å². The maximum atomic E-state index is 11.2. The number of H-pyrrole nitrogens is 1. The van der Waals surface area contributed by atoms with Gasteiger partial charge in [-0.05, 0) is 43.4 Å². The number of aromatic nitrogens is 2. The predicted molar refractivity (Wildman–Crippen MR) is 100 cm³/mol. The Balaban J connectivity index is 2.31. The van der Waals surface area contributed by atoms with Crippen molar-refractivity contribution in [3.63, 3.8) is 0 Å². The Hall–Kier alpha value is -1.13. The van der Waals surface area contributed by atoms with Crippen molar-refractivity contribution < 1.29 is 4.92 Å². The van der Waals surface area contributed by atoms with Crippen LogP contribution < -0.4 is 0 Å². The van der Waals surface area contributed by atoms with E-state index in [1.807, 2.05) is 12.1 Å². The second-order valence-electron chi connectivity index (χ2n) is 4.71. The number of fused-ring (bicyclic) bond motifs is 1. The Kier molecular flexibility index (Phi) is 4.42. The zero-order valence-electron chi connectivity index (χ0n) is 11.3. The van der Waals surface area contributed by atoms with Crippen LogP contribution in [-0.4, -0.2) is 14.9 Å². The zero-order valence-corrected chi connectivity index (χ0v) is 15.8. The van der Waals surface area contributed by atoms with E-state index in [1.165, 1.54) is 8.93 Å². The van der Waals surface area contributed by atoms with E-state index in [9.17, 15) is 10.1 Å². The second kappa shape index (κ2) is 6.17. The highest BCUT2D eigenvalue weighted by atomic mass is 127. The molecule has 3 aromatic rings. The van der Waals surface area contributed by atoms with E-state index in [2.05, 4.69) is 47.1 Å². The van der Waals surface area contributed by atoms with Crippen LogP contribution in [0, 0.1) is 17.0 Å². The second-order valence-corrected chi connectivity index (χ2v) is 7.51. The molecule has 0 atom stereocenters. The van der Waals surface area contributed by atoms with Gasteiger partial charge in [0.05, 0.1) is 9.95 Å². The molecule has 8 heteroatoms. The number of nitrogens with one attached hydrogen (secondary N) is 1. The van der Waals surface area contributed by atoms with Crippen LogP contribution in [0.1, 0.15) is 5.56 Å². The van der Waals surface area contributed by atoms with Crippen LogP contribution in [0.3, 0.4) is 0 Å². The van der Waals surface area contributed by atoms with Crippen molar-refractivity contribution >= 4 is 62.8 Å². The molecular weight excluding hydrogens is 481 g/mol. The number of hydrogen-bond donors (Lipinski definition) is 1. The number of pyridine rings is 1. The third-order valence-electron chi connectivity index (χ3n) is 3.35. The van der Waals surface area contributed by atoms with Crippen LogP contribution in [-0.2, 0) is 0 Å². The van der Waals surface area contributed by atoms with Gasteiger partial charge in [-0.25, -0.2) is 4.98 Å². The van der Waals surface area contributed by atoms with Crippen molar-refractivity contribution in [2.24, 2.45) is 0 Å². The quantitative estimate of drug-likeness (QED) is 0.293. The fourth-order valence-corrected chi connectivity index (χ4v) is 4.09. The number of rotatable bonds is 3. The van der Waals surface area contributed by atoms with E-state index in [1.54, 1.807) is 25.3 Å². The normalized spacial score (nSPS) is 11.0. The molecule has 1 N–H and O–H groups in total. The summed E-state index contributed by atoms with van der Waals surface area (Å²) in [7, 11) is 1.53. The molecule has 2 heterocycles. The number of nitro benzene ring substituents is 1. The molecule has 5 nitrogen and oxygen atoms in total. The summed E-state index contributed by atoms with van der Waals surface area (Å²) >= 11 is 5.62. The minimum atomic E-state index is -0.348. The molecule has 1 aromatic carbocycles. The lowest BCUT2D eigenvalue weighted by Gasteiger charge is -2.04. The van der Waals surface area contributed by atoms with Crippen LogP contribution in [0.25, 0.3) is 22.2 Å². The van der Waals surface area contributed by atoms with Gasteiger partial charge in [0, 0.05) is 54.5 Å². The van der Waals surface area contributed by atoms with Gasteiger partial charge in [-0.15, -0.1) is 0 Å². The fraction of sp³-hybridized carbons (Fsp3) is 0.0714. The molecule has 0 bridgehead atoms. The summed E-state index contributed by atoms with van der Waals surface area (Å²) in [6.07, 6.45) is 1.72. The number of benzene rings is 1. The lowest BCUT2D eigenvalue weighted by Crippen LogP contribution is -1.92. The summed E-state index contributed by atoms with van der Waals surface area (Å²) in [5.74, 6) is 0. The third-order valence-corrected chi connectivity index (χ3v) is 5.57. The first-order valence-corrected chi connectivity index (χ1v) is 10.4. The molecule has 0 saturated heterocycles. The van der Waals surface area contributed by atoms with Gasteiger partial charge in [0.1, 0.15) is 5.65 Å². The fourth-order valence-electron chi connectivity index (χ4n) is 2.33. The highest BCUT2D eigenvalue weighted by Crippen LogP contribution is 2.41. The van der Waals surface area contributed by atoms with Crippen molar-refractivity contribution in [1.82, 2.24) is 9.97 Å². The summed E-state index contributed by atoms with van der Waals surface area (Å²) in [5.41, 5.74) is 3.28. The standard InChI is InChI=1S/C14H9BrIN3O2S/c1-7-2-3-8(4-11(7)19(20)21)12-10-5-9(15)6-17-13(10)18-14(12)22-16/h2-6H,1H3,(H,17,18). The molecule has 0 amide bonds. The topological polar surface area (TPSA) is 71.8 Å². The van der Waals surface area contributed by atoms with Crippen LogP contribution in [0.2, 0.25) is 0 Å². The van der Waals surface area contributed by atoms with E-state index >= 15 is 0 Å². The first-order valence-electron chi connectivity index (χ1n) is 6.22.